The van der Waals surface area contributed by atoms with E-state index in [1.165, 1.54) is 0 Å². The number of hydrogen-bond donors (Lipinski definition) is 0. The second kappa shape index (κ2) is 3.00. The molecule has 0 spiro atoms. The van der Waals surface area contributed by atoms with Crippen molar-refractivity contribution in [2.75, 3.05) is 0 Å². The van der Waals surface area contributed by atoms with Crippen LogP contribution in [0.3, 0.4) is 0 Å². The first-order valence-electron chi connectivity index (χ1n) is 4.49. The highest BCUT2D eigenvalue weighted by atomic mass is 16.1. The average molecular weight is 168 g/mol. The van der Waals surface area contributed by atoms with Crippen LogP contribution in [0.2, 0.25) is 0 Å². The molecule has 1 rings (SSSR count). The molecule has 1 aliphatic rings. The highest BCUT2D eigenvalue weighted by Gasteiger charge is 2.46. The van der Waals surface area contributed by atoms with E-state index in [9.17, 15) is 9.59 Å². The van der Waals surface area contributed by atoms with Crippen LogP contribution in [0.1, 0.15) is 40.0 Å². The van der Waals surface area contributed by atoms with E-state index in [0.29, 0.717) is 12.2 Å². The fraction of sp³-hybridized carbons (Fsp3) is 0.800. The zero-order valence-corrected chi connectivity index (χ0v) is 8.02. The SMILES string of the molecule is CC(=O)CCC1(C)CC(C)C1=O. The number of carbonyl (C=O) groups excluding carboxylic acids is 2. The van der Waals surface area contributed by atoms with E-state index in [1.54, 1.807) is 6.92 Å². The second-order valence-electron chi connectivity index (χ2n) is 4.23. The van der Waals surface area contributed by atoms with E-state index in [1.807, 2.05) is 13.8 Å². The summed E-state index contributed by atoms with van der Waals surface area (Å²) in [5, 5.41) is 0. The van der Waals surface area contributed by atoms with Crippen molar-refractivity contribution in [2.24, 2.45) is 11.3 Å². The molecule has 2 atom stereocenters. The number of carbonyl (C=O) groups is 2. The van der Waals surface area contributed by atoms with Crippen molar-refractivity contribution in [1.29, 1.82) is 0 Å². The van der Waals surface area contributed by atoms with Crippen molar-refractivity contribution < 1.29 is 9.59 Å². The van der Waals surface area contributed by atoms with E-state index in [4.69, 9.17) is 0 Å². The Morgan fingerprint density at radius 3 is 2.58 bits per heavy atom. The van der Waals surface area contributed by atoms with Gasteiger partial charge in [0, 0.05) is 17.8 Å². The summed E-state index contributed by atoms with van der Waals surface area (Å²) in [5.74, 6) is 0.745. The topological polar surface area (TPSA) is 34.1 Å². The first-order chi connectivity index (χ1) is 5.46. The van der Waals surface area contributed by atoms with Crippen LogP contribution in [0, 0.1) is 11.3 Å². The third-order valence-electron chi connectivity index (χ3n) is 2.83. The molecule has 0 saturated heterocycles. The Bertz CT molecular complexity index is 220. The van der Waals surface area contributed by atoms with Crippen molar-refractivity contribution in [1.82, 2.24) is 0 Å². The summed E-state index contributed by atoms with van der Waals surface area (Å²) < 4.78 is 0. The van der Waals surface area contributed by atoms with Gasteiger partial charge >= 0.3 is 0 Å². The highest BCUT2D eigenvalue weighted by Crippen LogP contribution is 2.44. The van der Waals surface area contributed by atoms with Crippen molar-refractivity contribution in [2.45, 2.75) is 40.0 Å². The predicted octanol–water partition coefficient (Wildman–Crippen LogP) is 1.97. The minimum Gasteiger partial charge on any atom is -0.300 e. The molecule has 0 radical (unpaired) electrons. The Morgan fingerprint density at radius 2 is 2.25 bits per heavy atom. The van der Waals surface area contributed by atoms with E-state index < -0.39 is 0 Å². The van der Waals surface area contributed by atoms with Crippen LogP contribution in [-0.2, 0) is 9.59 Å². The largest absolute Gasteiger partial charge is 0.300 e. The molecule has 68 valence electrons. The summed E-state index contributed by atoms with van der Waals surface area (Å²) in [6.07, 6.45) is 2.25. The van der Waals surface area contributed by atoms with Crippen molar-refractivity contribution >= 4 is 11.6 Å². The normalized spacial score (nSPS) is 34.6. The quantitative estimate of drug-likeness (QED) is 0.645. The van der Waals surface area contributed by atoms with Gasteiger partial charge in [-0.1, -0.05) is 13.8 Å². The fourth-order valence-electron chi connectivity index (χ4n) is 2.01. The zero-order chi connectivity index (χ0) is 9.35. The first-order valence-corrected chi connectivity index (χ1v) is 4.49. The molecule has 1 fully saturated rings. The van der Waals surface area contributed by atoms with Crippen LogP contribution in [0.4, 0.5) is 0 Å². The molecule has 0 bridgehead atoms. The van der Waals surface area contributed by atoms with Gasteiger partial charge in [0.2, 0.25) is 0 Å². The van der Waals surface area contributed by atoms with Crippen LogP contribution in [0.25, 0.3) is 0 Å². The van der Waals surface area contributed by atoms with Gasteiger partial charge in [-0.05, 0) is 19.8 Å². The Labute approximate surface area is 73.3 Å². The van der Waals surface area contributed by atoms with Crippen LogP contribution in [0.5, 0.6) is 0 Å². The summed E-state index contributed by atoms with van der Waals surface area (Å²) in [4.78, 5) is 22.1. The maximum atomic E-state index is 11.4. The van der Waals surface area contributed by atoms with Crippen LogP contribution < -0.4 is 0 Å². The lowest BCUT2D eigenvalue weighted by molar-refractivity contribution is -0.144. The molecule has 0 aromatic carbocycles. The van der Waals surface area contributed by atoms with Gasteiger partial charge in [-0.15, -0.1) is 0 Å². The van der Waals surface area contributed by atoms with Gasteiger partial charge in [0.25, 0.3) is 0 Å². The number of hydrogen-bond acceptors (Lipinski definition) is 2. The molecule has 0 aromatic rings. The van der Waals surface area contributed by atoms with E-state index in [2.05, 4.69) is 0 Å². The molecule has 0 aromatic heterocycles. The van der Waals surface area contributed by atoms with Crippen LogP contribution in [-0.4, -0.2) is 11.6 Å². The maximum absolute atomic E-state index is 11.4. The number of ketones is 2. The molecular weight excluding hydrogens is 152 g/mol. The smallest absolute Gasteiger partial charge is 0.141 e. The van der Waals surface area contributed by atoms with Crippen molar-refractivity contribution in [3.63, 3.8) is 0 Å². The molecule has 0 aliphatic heterocycles. The van der Waals surface area contributed by atoms with Gasteiger partial charge in [-0.25, -0.2) is 0 Å². The Hall–Kier alpha value is -0.660. The lowest BCUT2D eigenvalue weighted by Crippen LogP contribution is -2.45. The molecule has 2 heteroatoms. The second-order valence-corrected chi connectivity index (χ2v) is 4.23. The van der Waals surface area contributed by atoms with Crippen molar-refractivity contribution in [3.8, 4) is 0 Å². The van der Waals surface area contributed by atoms with Gasteiger partial charge in [0.1, 0.15) is 11.6 Å². The molecule has 2 nitrogen and oxygen atoms in total. The van der Waals surface area contributed by atoms with Gasteiger partial charge in [0.15, 0.2) is 0 Å². The van der Waals surface area contributed by atoms with Gasteiger partial charge in [0.05, 0.1) is 0 Å². The third kappa shape index (κ3) is 1.57. The first kappa shape index (κ1) is 9.43. The van der Waals surface area contributed by atoms with E-state index in [0.717, 1.165) is 12.8 Å². The Balaban J connectivity index is 2.42. The van der Waals surface area contributed by atoms with Gasteiger partial charge < -0.3 is 4.79 Å². The minimum atomic E-state index is -0.176. The molecule has 12 heavy (non-hydrogen) atoms. The van der Waals surface area contributed by atoms with Crippen LogP contribution >= 0.6 is 0 Å². The standard InChI is InChI=1S/C10H16O2/c1-7-6-10(3,9(7)12)5-4-8(2)11/h7H,4-6H2,1-3H3. The summed E-state index contributed by atoms with van der Waals surface area (Å²) in [7, 11) is 0. The maximum Gasteiger partial charge on any atom is 0.141 e. The minimum absolute atomic E-state index is 0.176. The van der Waals surface area contributed by atoms with Crippen molar-refractivity contribution in [3.05, 3.63) is 0 Å². The summed E-state index contributed by atoms with van der Waals surface area (Å²) in [6, 6.07) is 0. The van der Waals surface area contributed by atoms with Gasteiger partial charge in [-0.2, -0.15) is 0 Å². The van der Waals surface area contributed by atoms with Crippen LogP contribution in [0.15, 0.2) is 0 Å². The third-order valence-corrected chi connectivity index (χ3v) is 2.83. The average Bonchev–Trinajstić information content (AvgIpc) is 2.00. The zero-order valence-electron chi connectivity index (χ0n) is 8.02. The fourth-order valence-corrected chi connectivity index (χ4v) is 2.01. The highest BCUT2D eigenvalue weighted by molar-refractivity contribution is 5.92. The number of Topliss-reactive ketones (excluding diaryl/α,β-unsaturated/α-hetero) is 2. The Morgan fingerprint density at radius 1 is 1.67 bits per heavy atom. The monoisotopic (exact) mass is 168 g/mol. The molecule has 0 heterocycles. The summed E-state index contributed by atoms with van der Waals surface area (Å²) >= 11 is 0. The summed E-state index contributed by atoms with van der Waals surface area (Å²) in [5.41, 5.74) is -0.176. The summed E-state index contributed by atoms with van der Waals surface area (Å²) in [6.45, 7) is 5.51. The lowest BCUT2D eigenvalue weighted by atomic mass is 9.60. The molecule has 1 saturated carbocycles. The van der Waals surface area contributed by atoms with E-state index >= 15 is 0 Å². The molecule has 0 N–H and O–H groups in total. The van der Waals surface area contributed by atoms with E-state index in [-0.39, 0.29) is 17.1 Å². The van der Waals surface area contributed by atoms with Gasteiger partial charge in [-0.3, -0.25) is 4.79 Å². The molecule has 0 amide bonds. The molecule has 2 unspecified atom stereocenters. The molecular formula is C10H16O2. The molecule has 1 aliphatic carbocycles. The lowest BCUT2D eigenvalue weighted by Gasteiger charge is -2.41. The number of rotatable bonds is 3. The Kier molecular flexibility index (Phi) is 2.36. The predicted molar refractivity (Wildman–Crippen MR) is 46.8 cm³/mol.